The zero-order valence-electron chi connectivity index (χ0n) is 18.4. The van der Waals surface area contributed by atoms with Crippen molar-refractivity contribution in [3.8, 4) is 11.5 Å². The number of carbonyl (C=O) groups excluding carboxylic acids is 1. The van der Waals surface area contributed by atoms with Crippen LogP contribution in [0.4, 0.5) is 0 Å². The summed E-state index contributed by atoms with van der Waals surface area (Å²) in [5, 5.41) is 3.60. The summed E-state index contributed by atoms with van der Waals surface area (Å²) in [5.74, 6) is 1.28. The van der Waals surface area contributed by atoms with Crippen LogP contribution in [0, 0.1) is 13.8 Å². The fraction of sp³-hybridized carbons (Fsp3) is 0.545. The highest BCUT2D eigenvalue weighted by molar-refractivity contribution is 8.00. The SMILES string of the molecule is COc1ccc(CNC(=O)[C@@H](C)Sc2nc(C)c(C)n2C[C@H]2CCCO2)cc1OC. The zero-order valence-corrected chi connectivity index (χ0v) is 19.2. The number of nitrogens with zero attached hydrogens (tertiary/aromatic N) is 2. The average Bonchev–Trinajstić information content (AvgIpc) is 3.35. The molecule has 1 aromatic heterocycles. The molecule has 1 aromatic carbocycles. The van der Waals surface area contributed by atoms with Gasteiger partial charge in [0.25, 0.3) is 0 Å². The van der Waals surface area contributed by atoms with Gasteiger partial charge in [-0.3, -0.25) is 4.79 Å². The molecule has 1 fully saturated rings. The van der Waals surface area contributed by atoms with Gasteiger partial charge in [0.15, 0.2) is 16.7 Å². The first-order valence-electron chi connectivity index (χ1n) is 10.2. The molecule has 0 saturated carbocycles. The van der Waals surface area contributed by atoms with E-state index in [0.717, 1.165) is 48.1 Å². The van der Waals surface area contributed by atoms with Crippen molar-refractivity contribution in [1.29, 1.82) is 0 Å². The van der Waals surface area contributed by atoms with E-state index in [1.807, 2.05) is 32.0 Å². The second-order valence-corrected chi connectivity index (χ2v) is 8.79. The van der Waals surface area contributed by atoms with E-state index in [-0.39, 0.29) is 17.3 Å². The maximum absolute atomic E-state index is 12.7. The molecule has 30 heavy (non-hydrogen) atoms. The summed E-state index contributed by atoms with van der Waals surface area (Å²) in [7, 11) is 3.20. The standard InChI is InChI=1S/C22H31N3O4S/c1-14-15(2)25(13-18-7-6-10-29-18)22(24-14)30-16(3)21(26)23-12-17-8-9-19(27-4)20(11-17)28-5/h8-9,11,16,18H,6-7,10,12-13H2,1-5H3,(H,23,26)/t16-,18-/m1/s1. The van der Waals surface area contributed by atoms with Crippen molar-refractivity contribution >= 4 is 17.7 Å². The maximum Gasteiger partial charge on any atom is 0.233 e. The molecule has 0 spiro atoms. The summed E-state index contributed by atoms with van der Waals surface area (Å²) in [6.45, 7) is 8.02. The Hall–Kier alpha value is -2.19. The number of aryl methyl sites for hydroxylation is 1. The summed E-state index contributed by atoms with van der Waals surface area (Å²) in [6.07, 6.45) is 2.41. The number of nitrogens with one attached hydrogen (secondary N) is 1. The minimum absolute atomic E-state index is 0.0308. The van der Waals surface area contributed by atoms with E-state index >= 15 is 0 Å². The lowest BCUT2D eigenvalue weighted by atomic mass is 10.2. The average molecular weight is 434 g/mol. The van der Waals surface area contributed by atoms with Crippen molar-refractivity contribution in [3.63, 3.8) is 0 Å². The van der Waals surface area contributed by atoms with E-state index in [1.54, 1.807) is 14.2 Å². The van der Waals surface area contributed by atoms with Gasteiger partial charge in [0.05, 0.1) is 37.8 Å². The first kappa shape index (κ1) is 22.5. The predicted octanol–water partition coefficient (Wildman–Crippen LogP) is 3.49. The van der Waals surface area contributed by atoms with Gasteiger partial charge in [-0.1, -0.05) is 17.8 Å². The van der Waals surface area contributed by atoms with Crippen LogP contribution in [0.25, 0.3) is 0 Å². The fourth-order valence-corrected chi connectivity index (χ4v) is 4.49. The number of carbonyl (C=O) groups is 1. The van der Waals surface area contributed by atoms with Gasteiger partial charge in [-0.15, -0.1) is 0 Å². The first-order valence-corrected chi connectivity index (χ1v) is 11.1. The van der Waals surface area contributed by atoms with E-state index < -0.39 is 0 Å². The van der Waals surface area contributed by atoms with Crippen LogP contribution in [0.5, 0.6) is 11.5 Å². The number of ether oxygens (including phenoxy) is 3. The lowest BCUT2D eigenvalue weighted by Crippen LogP contribution is -2.30. The molecule has 1 aliphatic heterocycles. The molecular formula is C22H31N3O4S. The number of rotatable bonds is 9. The topological polar surface area (TPSA) is 74.6 Å². The van der Waals surface area contributed by atoms with Crippen LogP contribution in [0.15, 0.2) is 23.4 Å². The third-order valence-corrected chi connectivity index (χ3v) is 6.49. The Morgan fingerprint density at radius 2 is 2.10 bits per heavy atom. The van der Waals surface area contributed by atoms with Gasteiger partial charge in [0, 0.05) is 18.8 Å². The lowest BCUT2D eigenvalue weighted by molar-refractivity contribution is -0.120. The number of hydrogen-bond acceptors (Lipinski definition) is 6. The number of benzene rings is 1. The second-order valence-electron chi connectivity index (χ2n) is 7.48. The smallest absolute Gasteiger partial charge is 0.233 e. The largest absolute Gasteiger partial charge is 0.493 e. The Morgan fingerprint density at radius 1 is 1.33 bits per heavy atom. The van der Waals surface area contributed by atoms with Gasteiger partial charge in [0.2, 0.25) is 5.91 Å². The van der Waals surface area contributed by atoms with Crippen molar-refractivity contribution in [2.24, 2.45) is 0 Å². The zero-order chi connectivity index (χ0) is 21.7. The molecular weight excluding hydrogens is 402 g/mol. The van der Waals surface area contributed by atoms with Crippen molar-refractivity contribution in [2.75, 3.05) is 20.8 Å². The third-order valence-electron chi connectivity index (χ3n) is 5.40. The molecule has 3 rings (SSSR count). The highest BCUT2D eigenvalue weighted by Crippen LogP contribution is 2.29. The van der Waals surface area contributed by atoms with Crippen molar-refractivity contribution in [3.05, 3.63) is 35.2 Å². The Kier molecular flexibility index (Phi) is 7.66. The summed E-state index contributed by atoms with van der Waals surface area (Å²) < 4.78 is 18.6. The van der Waals surface area contributed by atoms with E-state index in [2.05, 4.69) is 16.8 Å². The van der Waals surface area contributed by atoms with Crippen LogP contribution < -0.4 is 14.8 Å². The number of imidazole rings is 1. The molecule has 2 heterocycles. The Morgan fingerprint density at radius 3 is 2.77 bits per heavy atom. The van der Waals surface area contributed by atoms with Gasteiger partial charge < -0.3 is 24.1 Å². The van der Waals surface area contributed by atoms with Crippen LogP contribution in [-0.4, -0.2) is 47.6 Å². The molecule has 1 aliphatic rings. The molecule has 1 saturated heterocycles. The van der Waals surface area contributed by atoms with Crippen LogP contribution >= 0.6 is 11.8 Å². The second kappa shape index (κ2) is 10.2. The van der Waals surface area contributed by atoms with Gasteiger partial charge in [-0.25, -0.2) is 4.98 Å². The van der Waals surface area contributed by atoms with Crippen LogP contribution in [0.3, 0.4) is 0 Å². The summed E-state index contributed by atoms with van der Waals surface area (Å²) in [5.41, 5.74) is 3.07. The Balaban J connectivity index is 1.61. The van der Waals surface area contributed by atoms with Crippen LogP contribution in [-0.2, 0) is 22.6 Å². The van der Waals surface area contributed by atoms with Gasteiger partial charge >= 0.3 is 0 Å². The van der Waals surface area contributed by atoms with E-state index in [1.165, 1.54) is 11.8 Å². The Labute approximate surface area is 182 Å². The first-order chi connectivity index (χ1) is 14.4. The molecule has 1 amide bonds. The minimum atomic E-state index is -0.269. The number of methoxy groups -OCH3 is 2. The number of hydrogen-bond donors (Lipinski definition) is 1. The number of aromatic nitrogens is 2. The number of thioether (sulfide) groups is 1. The highest BCUT2D eigenvalue weighted by atomic mass is 32.2. The van der Waals surface area contributed by atoms with Crippen molar-refractivity contribution < 1.29 is 19.0 Å². The molecule has 1 N–H and O–H groups in total. The van der Waals surface area contributed by atoms with Gasteiger partial charge in [0.1, 0.15) is 0 Å². The van der Waals surface area contributed by atoms with Gasteiger partial charge in [-0.2, -0.15) is 0 Å². The molecule has 2 aromatic rings. The molecule has 2 atom stereocenters. The molecule has 0 aliphatic carbocycles. The molecule has 0 radical (unpaired) electrons. The van der Waals surface area contributed by atoms with Crippen LogP contribution in [0.1, 0.15) is 36.7 Å². The van der Waals surface area contributed by atoms with Gasteiger partial charge in [-0.05, 0) is 51.3 Å². The molecule has 164 valence electrons. The molecule has 7 nitrogen and oxygen atoms in total. The predicted molar refractivity (Wildman–Crippen MR) is 117 cm³/mol. The monoisotopic (exact) mass is 433 g/mol. The molecule has 0 bridgehead atoms. The van der Waals surface area contributed by atoms with Crippen molar-refractivity contribution in [1.82, 2.24) is 14.9 Å². The highest BCUT2D eigenvalue weighted by Gasteiger charge is 2.23. The fourth-order valence-electron chi connectivity index (χ4n) is 3.46. The lowest BCUT2D eigenvalue weighted by Gasteiger charge is -2.17. The minimum Gasteiger partial charge on any atom is -0.493 e. The summed E-state index contributed by atoms with van der Waals surface area (Å²) >= 11 is 1.49. The normalized spacial score (nSPS) is 17.0. The molecule has 0 unspecified atom stereocenters. The van der Waals surface area contributed by atoms with E-state index in [4.69, 9.17) is 19.2 Å². The van der Waals surface area contributed by atoms with E-state index in [9.17, 15) is 4.79 Å². The summed E-state index contributed by atoms with van der Waals surface area (Å²) in [4.78, 5) is 17.4. The quantitative estimate of drug-likeness (QED) is 0.610. The number of amides is 1. The van der Waals surface area contributed by atoms with Crippen LogP contribution in [0.2, 0.25) is 0 Å². The molecule has 8 heteroatoms. The third kappa shape index (κ3) is 5.29. The maximum atomic E-state index is 12.7. The van der Waals surface area contributed by atoms with E-state index in [0.29, 0.717) is 18.0 Å². The summed E-state index contributed by atoms with van der Waals surface area (Å²) in [6, 6.07) is 5.63. The Bertz CT molecular complexity index is 878. The van der Waals surface area contributed by atoms with Crippen molar-refractivity contribution in [2.45, 2.75) is 63.2 Å².